The first-order valence-electron chi connectivity index (χ1n) is 9.90. The van der Waals surface area contributed by atoms with Crippen LogP contribution in [0.1, 0.15) is 22.3 Å². The Morgan fingerprint density at radius 2 is 1.03 bits per heavy atom. The standard InChI is InChI=1S/C27H22ClNO/c28-25-18-16-21(17-19-25)20-29-26(30)27(22-10-4-1-5-11-22,23-12-6-2-7-13-23)24-14-8-3-9-15-24/h1-19H,20H2,(H,29,30). The molecule has 0 bridgehead atoms. The Labute approximate surface area is 182 Å². The SMILES string of the molecule is O=C(NCc1ccc(Cl)cc1)C(c1ccccc1)(c1ccccc1)c1ccccc1. The summed E-state index contributed by atoms with van der Waals surface area (Å²) in [6, 6.07) is 37.4. The Morgan fingerprint density at radius 1 is 0.633 bits per heavy atom. The third kappa shape index (κ3) is 3.87. The highest BCUT2D eigenvalue weighted by Gasteiger charge is 2.43. The van der Waals surface area contributed by atoms with Gasteiger partial charge in [0, 0.05) is 11.6 Å². The summed E-state index contributed by atoms with van der Waals surface area (Å²) in [5, 5.41) is 3.85. The third-order valence-electron chi connectivity index (χ3n) is 5.33. The van der Waals surface area contributed by atoms with Gasteiger partial charge in [0.1, 0.15) is 5.41 Å². The van der Waals surface area contributed by atoms with Crippen molar-refractivity contribution in [1.29, 1.82) is 0 Å². The monoisotopic (exact) mass is 411 g/mol. The average Bonchev–Trinajstić information content (AvgIpc) is 2.81. The maximum Gasteiger partial charge on any atom is 0.239 e. The molecule has 2 nitrogen and oxygen atoms in total. The molecule has 3 heteroatoms. The molecule has 1 N–H and O–H groups in total. The van der Waals surface area contributed by atoms with Gasteiger partial charge >= 0.3 is 0 Å². The van der Waals surface area contributed by atoms with Crippen molar-refractivity contribution < 1.29 is 4.79 Å². The van der Waals surface area contributed by atoms with Crippen LogP contribution in [0.5, 0.6) is 0 Å². The molecule has 0 fully saturated rings. The Hall–Kier alpha value is -3.36. The Morgan fingerprint density at radius 3 is 1.43 bits per heavy atom. The lowest BCUT2D eigenvalue weighted by Gasteiger charge is -2.34. The van der Waals surface area contributed by atoms with Crippen LogP contribution in [0.15, 0.2) is 115 Å². The van der Waals surface area contributed by atoms with Gasteiger partial charge in [-0.3, -0.25) is 4.79 Å². The lowest BCUT2D eigenvalue weighted by Crippen LogP contribution is -2.46. The zero-order valence-corrected chi connectivity index (χ0v) is 17.2. The van der Waals surface area contributed by atoms with Crippen molar-refractivity contribution in [3.8, 4) is 0 Å². The van der Waals surface area contributed by atoms with Gasteiger partial charge in [-0.2, -0.15) is 0 Å². The summed E-state index contributed by atoms with van der Waals surface area (Å²) < 4.78 is 0. The predicted molar refractivity (Wildman–Crippen MR) is 123 cm³/mol. The molecule has 0 spiro atoms. The summed E-state index contributed by atoms with van der Waals surface area (Å²) in [6.07, 6.45) is 0. The van der Waals surface area contributed by atoms with Gasteiger partial charge in [0.15, 0.2) is 0 Å². The van der Waals surface area contributed by atoms with Crippen molar-refractivity contribution in [2.75, 3.05) is 0 Å². The molecule has 4 rings (SSSR count). The van der Waals surface area contributed by atoms with Crippen molar-refractivity contribution in [2.45, 2.75) is 12.0 Å². The number of hydrogen-bond acceptors (Lipinski definition) is 1. The molecule has 4 aromatic carbocycles. The number of benzene rings is 4. The summed E-state index contributed by atoms with van der Waals surface area (Å²) in [7, 11) is 0. The van der Waals surface area contributed by atoms with Crippen molar-refractivity contribution in [1.82, 2.24) is 5.32 Å². The molecule has 0 aliphatic rings. The minimum absolute atomic E-state index is 0.0685. The summed E-state index contributed by atoms with van der Waals surface area (Å²) in [4.78, 5) is 14.0. The minimum Gasteiger partial charge on any atom is -0.351 e. The molecule has 0 unspecified atom stereocenters. The van der Waals surface area contributed by atoms with Crippen LogP contribution < -0.4 is 5.32 Å². The fourth-order valence-electron chi connectivity index (χ4n) is 3.87. The number of hydrogen-bond donors (Lipinski definition) is 1. The van der Waals surface area contributed by atoms with Gasteiger partial charge in [-0.1, -0.05) is 115 Å². The van der Waals surface area contributed by atoms with Gasteiger partial charge in [-0.05, 0) is 34.4 Å². The van der Waals surface area contributed by atoms with E-state index in [0.717, 1.165) is 22.3 Å². The number of carbonyl (C=O) groups excluding carboxylic acids is 1. The van der Waals surface area contributed by atoms with E-state index in [-0.39, 0.29) is 5.91 Å². The Balaban J connectivity index is 1.84. The quantitative estimate of drug-likeness (QED) is 0.388. The summed E-state index contributed by atoms with van der Waals surface area (Å²) >= 11 is 6.00. The maximum atomic E-state index is 14.0. The molecule has 30 heavy (non-hydrogen) atoms. The second-order valence-electron chi connectivity index (χ2n) is 7.16. The number of rotatable bonds is 6. The molecule has 1 amide bonds. The molecular weight excluding hydrogens is 390 g/mol. The molecule has 0 atom stereocenters. The van der Waals surface area contributed by atoms with E-state index in [1.165, 1.54) is 0 Å². The second kappa shape index (κ2) is 8.98. The molecule has 0 radical (unpaired) electrons. The van der Waals surface area contributed by atoms with Crippen LogP contribution in [0, 0.1) is 0 Å². The van der Waals surface area contributed by atoms with Crippen LogP contribution >= 0.6 is 11.6 Å². The molecule has 0 aromatic heterocycles. The van der Waals surface area contributed by atoms with E-state index in [1.54, 1.807) is 0 Å². The van der Waals surface area contributed by atoms with E-state index >= 15 is 0 Å². The van der Waals surface area contributed by atoms with Crippen LogP contribution in [0.3, 0.4) is 0 Å². The van der Waals surface area contributed by atoms with E-state index in [2.05, 4.69) is 5.32 Å². The number of nitrogens with one attached hydrogen (secondary N) is 1. The average molecular weight is 412 g/mol. The summed E-state index contributed by atoms with van der Waals surface area (Å²) in [5.41, 5.74) is 2.81. The zero-order valence-electron chi connectivity index (χ0n) is 16.5. The van der Waals surface area contributed by atoms with Gasteiger partial charge < -0.3 is 5.32 Å². The highest BCUT2D eigenvalue weighted by atomic mass is 35.5. The highest BCUT2D eigenvalue weighted by Crippen LogP contribution is 2.39. The molecule has 0 aliphatic carbocycles. The molecule has 4 aromatic rings. The van der Waals surface area contributed by atoms with E-state index in [9.17, 15) is 4.79 Å². The summed E-state index contributed by atoms with van der Waals surface area (Å²) in [5.74, 6) is -0.0685. The van der Waals surface area contributed by atoms with Gasteiger partial charge in [0.2, 0.25) is 5.91 Å². The lowest BCUT2D eigenvalue weighted by atomic mass is 9.68. The molecule has 0 aliphatic heterocycles. The number of amides is 1. The Bertz CT molecular complexity index is 997. The van der Waals surface area contributed by atoms with Gasteiger partial charge in [-0.15, -0.1) is 0 Å². The lowest BCUT2D eigenvalue weighted by molar-refractivity contribution is -0.124. The number of carbonyl (C=O) groups is 1. The van der Waals surface area contributed by atoms with E-state index in [4.69, 9.17) is 11.6 Å². The van der Waals surface area contributed by atoms with Crippen LogP contribution in [-0.4, -0.2) is 5.91 Å². The largest absolute Gasteiger partial charge is 0.351 e. The summed E-state index contributed by atoms with van der Waals surface area (Å²) in [6.45, 7) is 0.421. The number of halogens is 1. The van der Waals surface area contributed by atoms with Gasteiger partial charge in [-0.25, -0.2) is 0 Å². The second-order valence-corrected chi connectivity index (χ2v) is 7.59. The van der Waals surface area contributed by atoms with Crippen molar-refractivity contribution in [3.63, 3.8) is 0 Å². The first-order chi connectivity index (χ1) is 14.7. The molecule has 0 saturated carbocycles. The van der Waals surface area contributed by atoms with Crippen LogP contribution in [0.2, 0.25) is 5.02 Å². The first kappa shape index (κ1) is 19.9. The highest BCUT2D eigenvalue weighted by molar-refractivity contribution is 6.30. The first-order valence-corrected chi connectivity index (χ1v) is 10.3. The van der Waals surface area contributed by atoms with E-state index < -0.39 is 5.41 Å². The van der Waals surface area contributed by atoms with Gasteiger partial charge in [0.05, 0.1) is 0 Å². The van der Waals surface area contributed by atoms with Crippen molar-refractivity contribution in [2.24, 2.45) is 0 Å². The molecule has 0 saturated heterocycles. The maximum absolute atomic E-state index is 14.0. The van der Waals surface area contributed by atoms with Crippen LogP contribution in [-0.2, 0) is 16.8 Å². The normalized spacial score (nSPS) is 11.1. The molecular formula is C27H22ClNO. The fourth-order valence-corrected chi connectivity index (χ4v) is 4.00. The zero-order chi connectivity index (χ0) is 20.8. The minimum atomic E-state index is -0.962. The van der Waals surface area contributed by atoms with E-state index in [1.807, 2.05) is 115 Å². The van der Waals surface area contributed by atoms with Gasteiger partial charge in [0.25, 0.3) is 0 Å². The van der Waals surface area contributed by atoms with Crippen molar-refractivity contribution >= 4 is 17.5 Å². The van der Waals surface area contributed by atoms with Crippen LogP contribution in [0.25, 0.3) is 0 Å². The third-order valence-corrected chi connectivity index (χ3v) is 5.58. The Kier molecular flexibility index (Phi) is 5.97. The van der Waals surface area contributed by atoms with E-state index in [0.29, 0.717) is 11.6 Å². The predicted octanol–water partition coefficient (Wildman–Crippen LogP) is 5.99. The smallest absolute Gasteiger partial charge is 0.239 e. The molecule has 148 valence electrons. The van der Waals surface area contributed by atoms with Crippen molar-refractivity contribution in [3.05, 3.63) is 143 Å². The molecule has 0 heterocycles. The topological polar surface area (TPSA) is 29.1 Å². The van der Waals surface area contributed by atoms with Crippen LogP contribution in [0.4, 0.5) is 0 Å². The fraction of sp³-hybridized carbons (Fsp3) is 0.0741.